The Hall–Kier alpha value is -1.85. The van der Waals surface area contributed by atoms with Crippen molar-refractivity contribution in [1.82, 2.24) is 9.55 Å². The lowest BCUT2D eigenvalue weighted by Gasteiger charge is -2.17. The van der Waals surface area contributed by atoms with Crippen LogP contribution in [0, 0.1) is 5.92 Å². The van der Waals surface area contributed by atoms with E-state index in [1.54, 1.807) is 10.6 Å². The summed E-state index contributed by atoms with van der Waals surface area (Å²) in [5.41, 5.74) is 2.42. The molecule has 0 aliphatic carbocycles. The van der Waals surface area contributed by atoms with Crippen molar-refractivity contribution in [3.05, 3.63) is 35.4 Å². The van der Waals surface area contributed by atoms with Crippen LogP contribution in [0.3, 0.4) is 0 Å². The maximum absolute atomic E-state index is 12.5. The van der Waals surface area contributed by atoms with Crippen LogP contribution in [-0.2, 0) is 16.6 Å². The second kappa shape index (κ2) is 5.74. The normalized spacial score (nSPS) is 21.2. The average molecular weight is 320 g/mol. The summed E-state index contributed by atoms with van der Waals surface area (Å²) < 4.78 is 7.38. The monoisotopic (exact) mass is 319 g/mol. The van der Waals surface area contributed by atoms with Gasteiger partial charge in [0.25, 0.3) is 0 Å². The Labute approximate surface area is 133 Å². The smallest absolute Gasteiger partial charge is 0.232 e. The molecule has 0 saturated carbocycles. The molecule has 0 unspecified atom stereocenters. The van der Waals surface area contributed by atoms with E-state index in [-0.39, 0.29) is 17.9 Å². The first kappa shape index (κ1) is 15.1. The number of ether oxygens (including phenoxy) is 1. The van der Waals surface area contributed by atoms with Crippen LogP contribution in [0.15, 0.2) is 30.4 Å². The van der Waals surface area contributed by atoms with E-state index in [0.717, 1.165) is 16.6 Å². The summed E-state index contributed by atoms with van der Waals surface area (Å²) in [6, 6.07) is 5.51. The largest absolute Gasteiger partial charge is 0.373 e. The Bertz CT molecular complexity index is 753. The third-order valence-corrected chi connectivity index (χ3v) is 4.30. The van der Waals surface area contributed by atoms with Crippen LogP contribution in [-0.4, -0.2) is 28.2 Å². The predicted molar refractivity (Wildman–Crippen MR) is 87.0 cm³/mol. The highest BCUT2D eigenvalue weighted by atomic mass is 35.5. The van der Waals surface area contributed by atoms with Gasteiger partial charge >= 0.3 is 0 Å². The van der Waals surface area contributed by atoms with Crippen molar-refractivity contribution >= 4 is 34.5 Å². The molecule has 2 aromatic rings. The van der Waals surface area contributed by atoms with Crippen LogP contribution in [0.4, 0.5) is 5.95 Å². The number of carbonyl (C=O) groups is 1. The van der Waals surface area contributed by atoms with Crippen LogP contribution in [0.25, 0.3) is 11.0 Å². The van der Waals surface area contributed by atoms with Gasteiger partial charge in [-0.2, -0.15) is 0 Å². The number of nitrogens with one attached hydrogen (secondary N) is 1. The first-order valence-electron chi connectivity index (χ1n) is 7.18. The standard InChI is InChI=1S/C16H18ClN3O2/c1-9(2)14-10(7-8-22-14)15(21)19-16-18-12-6-4-5-11(17)13(12)20(16)3/h4-6,10,14H,1,7-8H2,2-3H3,(H,18,19,21)/t10-,14-/m0/s1. The Morgan fingerprint density at radius 2 is 2.32 bits per heavy atom. The zero-order chi connectivity index (χ0) is 15.9. The van der Waals surface area contributed by atoms with Crippen LogP contribution in [0.2, 0.25) is 5.02 Å². The first-order chi connectivity index (χ1) is 10.5. The lowest BCUT2D eigenvalue weighted by atomic mass is 9.96. The van der Waals surface area contributed by atoms with E-state index in [9.17, 15) is 4.79 Å². The molecule has 1 aromatic carbocycles. The van der Waals surface area contributed by atoms with Crippen molar-refractivity contribution in [2.24, 2.45) is 13.0 Å². The summed E-state index contributed by atoms with van der Waals surface area (Å²) in [5, 5.41) is 3.50. The summed E-state index contributed by atoms with van der Waals surface area (Å²) >= 11 is 6.20. The fraction of sp³-hybridized carbons (Fsp3) is 0.375. The zero-order valence-corrected chi connectivity index (χ0v) is 13.4. The minimum atomic E-state index is -0.229. The van der Waals surface area contributed by atoms with E-state index < -0.39 is 0 Å². The highest BCUT2D eigenvalue weighted by molar-refractivity contribution is 6.35. The molecule has 22 heavy (non-hydrogen) atoms. The van der Waals surface area contributed by atoms with Gasteiger partial charge in [0.2, 0.25) is 11.9 Å². The number of aryl methyl sites for hydroxylation is 1. The van der Waals surface area contributed by atoms with Crippen molar-refractivity contribution < 1.29 is 9.53 Å². The topological polar surface area (TPSA) is 56.1 Å². The van der Waals surface area contributed by atoms with Crippen molar-refractivity contribution in [2.75, 3.05) is 11.9 Å². The van der Waals surface area contributed by atoms with E-state index in [1.165, 1.54) is 0 Å². The molecule has 5 nitrogen and oxygen atoms in total. The van der Waals surface area contributed by atoms with Crippen molar-refractivity contribution in [3.8, 4) is 0 Å². The number of fused-ring (bicyclic) bond motifs is 1. The number of halogens is 1. The number of hydrogen-bond acceptors (Lipinski definition) is 3. The molecule has 0 bridgehead atoms. The molecule has 1 N–H and O–H groups in total. The van der Waals surface area contributed by atoms with Gasteiger partial charge in [0.05, 0.1) is 28.1 Å². The molecule has 116 valence electrons. The summed E-state index contributed by atoms with van der Waals surface area (Å²) in [4.78, 5) is 17.0. The van der Waals surface area contributed by atoms with Crippen molar-refractivity contribution in [1.29, 1.82) is 0 Å². The Kier molecular flexibility index (Phi) is 3.93. The minimum Gasteiger partial charge on any atom is -0.373 e. The molecule has 1 amide bonds. The zero-order valence-electron chi connectivity index (χ0n) is 12.6. The molecule has 1 aliphatic heterocycles. The number of carbonyl (C=O) groups excluding carboxylic acids is 1. The lowest BCUT2D eigenvalue weighted by Crippen LogP contribution is -2.31. The van der Waals surface area contributed by atoms with Gasteiger partial charge in [-0.25, -0.2) is 4.98 Å². The number of aromatic nitrogens is 2. The Morgan fingerprint density at radius 3 is 3.00 bits per heavy atom. The van der Waals surface area contributed by atoms with E-state index in [1.807, 2.05) is 26.1 Å². The number of benzene rings is 1. The van der Waals surface area contributed by atoms with E-state index in [4.69, 9.17) is 16.3 Å². The molecule has 3 rings (SSSR count). The van der Waals surface area contributed by atoms with Crippen LogP contribution >= 0.6 is 11.6 Å². The number of amides is 1. The molecule has 0 radical (unpaired) electrons. The molecule has 1 aliphatic rings. The number of imidazole rings is 1. The van der Waals surface area contributed by atoms with Crippen LogP contribution in [0.5, 0.6) is 0 Å². The number of para-hydroxylation sites is 1. The summed E-state index contributed by atoms with van der Waals surface area (Å²) in [6.45, 7) is 6.35. The third-order valence-electron chi connectivity index (χ3n) is 3.99. The minimum absolute atomic E-state index is 0.0972. The quantitative estimate of drug-likeness (QED) is 0.884. The van der Waals surface area contributed by atoms with Gasteiger partial charge in [-0.15, -0.1) is 0 Å². The van der Waals surface area contributed by atoms with E-state index >= 15 is 0 Å². The molecule has 2 heterocycles. The van der Waals surface area contributed by atoms with Gasteiger partial charge in [-0.1, -0.05) is 29.8 Å². The van der Waals surface area contributed by atoms with Gasteiger partial charge < -0.3 is 9.30 Å². The fourth-order valence-electron chi connectivity index (χ4n) is 2.88. The summed E-state index contributed by atoms with van der Waals surface area (Å²) in [6.07, 6.45) is 0.465. The molecular formula is C16H18ClN3O2. The lowest BCUT2D eigenvalue weighted by molar-refractivity contribution is -0.120. The third kappa shape index (κ3) is 2.51. The molecular weight excluding hydrogens is 302 g/mol. The molecule has 1 aromatic heterocycles. The molecule has 6 heteroatoms. The summed E-state index contributed by atoms with van der Waals surface area (Å²) in [7, 11) is 1.83. The second-order valence-electron chi connectivity index (χ2n) is 5.62. The Balaban J connectivity index is 1.87. The second-order valence-corrected chi connectivity index (χ2v) is 6.03. The maximum atomic E-state index is 12.5. The van der Waals surface area contributed by atoms with E-state index in [0.29, 0.717) is 24.0 Å². The molecule has 2 atom stereocenters. The van der Waals surface area contributed by atoms with Crippen molar-refractivity contribution in [3.63, 3.8) is 0 Å². The van der Waals surface area contributed by atoms with Crippen LogP contribution in [0.1, 0.15) is 13.3 Å². The highest BCUT2D eigenvalue weighted by Gasteiger charge is 2.35. The molecule has 1 fully saturated rings. The van der Waals surface area contributed by atoms with E-state index in [2.05, 4.69) is 16.9 Å². The van der Waals surface area contributed by atoms with Crippen molar-refractivity contribution in [2.45, 2.75) is 19.4 Å². The summed E-state index contributed by atoms with van der Waals surface area (Å²) in [5.74, 6) is 0.160. The number of nitrogens with zero attached hydrogens (tertiary/aromatic N) is 2. The molecule has 1 saturated heterocycles. The maximum Gasteiger partial charge on any atom is 0.232 e. The number of rotatable bonds is 3. The molecule has 0 spiro atoms. The first-order valence-corrected chi connectivity index (χ1v) is 7.55. The number of anilines is 1. The predicted octanol–water partition coefficient (Wildman–Crippen LogP) is 3.15. The van der Waals surface area contributed by atoms with Crippen LogP contribution < -0.4 is 5.32 Å². The van der Waals surface area contributed by atoms with Gasteiger partial charge in [0.15, 0.2) is 0 Å². The average Bonchev–Trinajstić information content (AvgIpc) is 3.05. The Morgan fingerprint density at radius 1 is 1.55 bits per heavy atom. The highest BCUT2D eigenvalue weighted by Crippen LogP contribution is 2.29. The van der Waals surface area contributed by atoms with Gasteiger partial charge in [-0.05, 0) is 25.5 Å². The SMILES string of the molecule is C=C(C)[C@@H]1OCC[C@@H]1C(=O)Nc1nc2cccc(Cl)c2n1C. The van der Waals surface area contributed by atoms with Gasteiger partial charge in [-0.3, -0.25) is 10.1 Å². The number of hydrogen-bond donors (Lipinski definition) is 1. The van der Waals surface area contributed by atoms with Gasteiger partial charge in [0, 0.05) is 13.7 Å². The fourth-order valence-corrected chi connectivity index (χ4v) is 3.18. The van der Waals surface area contributed by atoms with Gasteiger partial charge in [0.1, 0.15) is 0 Å².